The number of nitrogens with zero attached hydrogens (tertiary/aromatic N) is 6. The van der Waals surface area contributed by atoms with Gasteiger partial charge in [0.15, 0.2) is 26.2 Å². The Balaban J connectivity index is 0.000000263. The highest BCUT2D eigenvalue weighted by Gasteiger charge is 2.37. The average molecular weight is 1550 g/mol. The van der Waals surface area contributed by atoms with E-state index in [0.717, 1.165) is 96.1 Å². The number of amides is 2. The molecule has 0 bridgehead atoms. The summed E-state index contributed by atoms with van der Waals surface area (Å²) >= 11 is 25.2. The Bertz CT molecular complexity index is 4020. The number of para-hydroxylation sites is 3. The fourth-order valence-corrected chi connectivity index (χ4v) is 12.8. The lowest BCUT2D eigenvalue weighted by molar-refractivity contribution is -0.193. The smallest absolute Gasteiger partial charge is 0.416 e. The normalized spacial score (nSPS) is 15.0. The summed E-state index contributed by atoms with van der Waals surface area (Å²) in [5.74, 6) is -2.16. The van der Waals surface area contributed by atoms with Crippen LogP contribution in [0.2, 0.25) is 5.02 Å². The van der Waals surface area contributed by atoms with Gasteiger partial charge in [0.25, 0.3) is 5.91 Å². The van der Waals surface area contributed by atoms with Crippen molar-refractivity contribution in [1.29, 1.82) is 0 Å². The van der Waals surface area contributed by atoms with Crippen LogP contribution in [0.3, 0.4) is 0 Å². The molecule has 1 fully saturated rings. The lowest BCUT2D eigenvalue weighted by atomic mass is 10.0. The van der Waals surface area contributed by atoms with Crippen LogP contribution in [0.15, 0.2) is 103 Å². The number of carboxylic acids is 1. The van der Waals surface area contributed by atoms with Crippen LogP contribution in [0.25, 0.3) is 0 Å². The number of hydrogen-bond acceptors (Lipinski definition) is 19. The number of rotatable bonds is 19. The van der Waals surface area contributed by atoms with Gasteiger partial charge in [-0.3, -0.25) is 38.8 Å². The van der Waals surface area contributed by atoms with Gasteiger partial charge < -0.3 is 48.0 Å². The molecule has 2 aromatic heterocycles. The van der Waals surface area contributed by atoms with Crippen molar-refractivity contribution in [3.8, 4) is 5.75 Å². The lowest BCUT2D eigenvalue weighted by Gasteiger charge is -2.35. The third-order valence-corrected chi connectivity index (χ3v) is 18.3. The molecular weight excluding hydrogens is 1480 g/mol. The number of halogens is 8. The van der Waals surface area contributed by atoms with Gasteiger partial charge in [-0.1, -0.05) is 77.2 Å². The fraction of sp³-hybridized carbons (Fsp3) is 0.452. The van der Waals surface area contributed by atoms with E-state index in [1.165, 1.54) is 19.4 Å². The number of aliphatic carboxylic acids is 1. The van der Waals surface area contributed by atoms with E-state index >= 15 is 0 Å². The van der Waals surface area contributed by atoms with Gasteiger partial charge in [0.1, 0.15) is 37.3 Å². The summed E-state index contributed by atoms with van der Waals surface area (Å²) in [5, 5.41) is 13.7. The Hall–Kier alpha value is -5.80. The molecule has 2 amide bonds. The molecule has 9 rings (SSSR count). The monoisotopic (exact) mass is 1550 g/mol. The van der Waals surface area contributed by atoms with Gasteiger partial charge >= 0.3 is 23.0 Å². The molecule has 0 radical (unpaired) electrons. The van der Waals surface area contributed by atoms with E-state index in [2.05, 4.69) is 46.6 Å². The van der Waals surface area contributed by atoms with E-state index in [1.807, 2.05) is 62.5 Å². The Kier molecular flexibility index (Phi) is 34.0. The topological polar surface area (TPSA) is 312 Å². The molecule has 3 aliphatic rings. The minimum absolute atomic E-state index is 0.0223. The number of aryl methyl sites for hydroxylation is 2. The molecule has 2 aliphatic heterocycles. The van der Waals surface area contributed by atoms with Gasteiger partial charge in [-0.15, -0.1) is 23.4 Å². The molecule has 3 atom stereocenters. The lowest BCUT2D eigenvalue weighted by Crippen LogP contribution is -2.47. The summed E-state index contributed by atoms with van der Waals surface area (Å²) < 4.78 is 110. The Labute approximate surface area is 595 Å². The quantitative estimate of drug-likeness (QED) is 0.0129. The predicted octanol–water partition coefficient (Wildman–Crippen LogP) is 10.4. The van der Waals surface area contributed by atoms with E-state index in [0.29, 0.717) is 70.5 Å². The van der Waals surface area contributed by atoms with Gasteiger partial charge in [0.05, 0.1) is 102 Å². The number of ketones is 1. The van der Waals surface area contributed by atoms with Gasteiger partial charge in [-0.2, -0.15) is 13.2 Å². The molecule has 540 valence electrons. The van der Waals surface area contributed by atoms with Crippen LogP contribution < -0.4 is 34.4 Å². The van der Waals surface area contributed by atoms with Crippen LogP contribution >= 0.6 is 77.1 Å². The van der Waals surface area contributed by atoms with Crippen molar-refractivity contribution in [3.63, 3.8) is 0 Å². The van der Waals surface area contributed by atoms with Crippen molar-refractivity contribution in [2.75, 3.05) is 86.7 Å². The molecule has 0 spiro atoms. The minimum Gasteiger partial charge on any atom is -0.778 e. The van der Waals surface area contributed by atoms with E-state index < -0.39 is 75.3 Å². The summed E-state index contributed by atoms with van der Waals surface area (Å²) in [7, 11) is -4.81. The van der Waals surface area contributed by atoms with E-state index in [-0.39, 0.29) is 68.2 Å². The molecule has 3 N–H and O–H groups in total. The molecule has 1 aliphatic carbocycles. The maximum Gasteiger partial charge on any atom is 0.416 e. The first-order chi connectivity index (χ1) is 45.9. The van der Waals surface area contributed by atoms with Crippen LogP contribution in [-0.4, -0.2) is 156 Å². The second-order valence-corrected chi connectivity index (χ2v) is 31.8. The molecule has 36 heteroatoms. The SMILES string of the molecule is CC1COc2ccccc2N1C(=O)C(Cl)Cl.CCc1cccc(C)c1N(C(=O)CCl)C(C)COC.COC(=O)CSc1cc(/N=c2\sc(=O)n3n2CCCC3)c(F)cc1Cl.CS(=O)(=O)c1cc(C(F)(F)F)ccc1C(=O)c1cnoc1C1CC1.C[S+](C)C.O=C(O)CNCP(=O)([O-])O. The van der Waals surface area contributed by atoms with Crippen molar-refractivity contribution in [2.24, 2.45) is 4.99 Å². The summed E-state index contributed by atoms with van der Waals surface area (Å²) in [5.41, 5.74) is 2.64. The Morgan fingerprint density at radius 2 is 1.65 bits per heavy atom. The molecule has 6 aromatic rings. The fourth-order valence-electron chi connectivity index (χ4n) is 9.19. The van der Waals surface area contributed by atoms with Gasteiger partial charge in [0.2, 0.25) is 10.7 Å². The summed E-state index contributed by atoms with van der Waals surface area (Å²) in [4.78, 5) is 94.6. The zero-order valence-electron chi connectivity index (χ0n) is 54.9. The second-order valence-electron chi connectivity index (χ2n) is 22.1. The van der Waals surface area contributed by atoms with Crippen molar-refractivity contribution in [3.05, 3.63) is 138 Å². The number of methoxy groups -OCH3 is 2. The molecule has 23 nitrogen and oxygen atoms in total. The Morgan fingerprint density at radius 1 is 1.01 bits per heavy atom. The number of aromatic nitrogens is 3. The van der Waals surface area contributed by atoms with E-state index in [9.17, 15) is 64.2 Å². The van der Waals surface area contributed by atoms with Crippen LogP contribution in [-0.2, 0) is 79.6 Å². The molecule has 4 aromatic carbocycles. The number of carbonyl (C=O) groups is 5. The number of nitrogens with one attached hydrogen (secondary N) is 1. The summed E-state index contributed by atoms with van der Waals surface area (Å²) in [6, 6.07) is 18.0. The van der Waals surface area contributed by atoms with Crippen molar-refractivity contribution < 1.29 is 88.1 Å². The van der Waals surface area contributed by atoms with Crippen molar-refractivity contribution in [1.82, 2.24) is 19.8 Å². The average Bonchev–Trinajstić information content (AvgIpc) is 1.36. The predicted molar refractivity (Wildman–Crippen MR) is 372 cm³/mol. The third kappa shape index (κ3) is 26.0. The number of benzene rings is 4. The molecule has 4 heterocycles. The number of carbonyl (C=O) groups excluding carboxylic acids is 4. The summed E-state index contributed by atoms with van der Waals surface area (Å²) in [6.45, 7) is 9.75. The highest BCUT2D eigenvalue weighted by molar-refractivity contribution is 8.00. The number of fused-ring (bicyclic) bond motifs is 2. The molecule has 98 heavy (non-hydrogen) atoms. The van der Waals surface area contributed by atoms with Crippen LogP contribution in [0.5, 0.6) is 5.75 Å². The standard InChI is InChI=1S/C15H15ClFN3O3S2.C15H22ClNO2.C15H12F3NO4S.C11H11Cl2NO2.C3H8NO5P.C3H9S/c1-23-13(21)8-24-12-7-11(10(17)6-9(12)16)18-14-19-4-2-3-5-20(19)15(22)25-14;1-5-13-8-6-7-11(2)15(13)17(14(18)9-16)12(3)10-19-4;1-24(21,22)12-6-9(15(16,17)18)4-5-10(12)13(20)11-7-19-23-14(11)8-2-3-8;1-7-6-16-9-5-3-2-4-8(9)14(7)11(15)10(12)13;5-3(6)1-4-2-10(7,8)9;1-4(2)3/h6-7H,2-5,8H2,1H3;6-8,12H,5,9-10H2,1-4H3;4-8H,2-3H2,1H3;2-5,7,10H,6H2,1H3;4H,1-2H2,(H,5,6)(H2,7,8,9);1-3H3/q;;;;;+1/p-1/b18-14-;;;;;. The van der Waals surface area contributed by atoms with Gasteiger partial charge in [-0.25, -0.2) is 22.5 Å². The first-order valence-corrected chi connectivity index (χ1v) is 39.3. The zero-order chi connectivity index (χ0) is 73.6. The summed E-state index contributed by atoms with van der Waals surface area (Å²) in [6.07, 6.45) is 7.50. The minimum atomic E-state index is -4.71. The number of alkyl halides is 6. The van der Waals surface area contributed by atoms with Gasteiger partial charge in [-0.05, 0) is 129 Å². The van der Waals surface area contributed by atoms with Crippen molar-refractivity contribution >= 4 is 144 Å². The van der Waals surface area contributed by atoms with E-state index in [4.69, 9.17) is 70.4 Å². The largest absolute Gasteiger partial charge is 0.778 e. The number of carboxylic acid groups (broad SMARTS) is 1. The van der Waals surface area contributed by atoms with Crippen LogP contribution in [0.4, 0.5) is 34.6 Å². The number of ether oxygens (including phenoxy) is 3. The van der Waals surface area contributed by atoms with Crippen molar-refractivity contribution in [2.45, 2.75) is 112 Å². The number of hydrogen-bond donors (Lipinski definition) is 3. The molecular formula is C62H76Cl4F4N7O16PS4. The Morgan fingerprint density at radius 3 is 2.21 bits per heavy atom. The number of esters is 1. The van der Waals surface area contributed by atoms with Gasteiger partial charge in [0, 0.05) is 42.8 Å². The number of thioether (sulfide) groups is 1. The first-order valence-electron chi connectivity index (χ1n) is 29.6. The third-order valence-electron chi connectivity index (χ3n) is 13.7. The number of anilines is 2. The first kappa shape index (κ1) is 84.6. The van der Waals surface area contributed by atoms with E-state index in [1.54, 1.807) is 26.3 Å². The zero-order valence-corrected chi connectivity index (χ0v) is 62.1. The number of sulfone groups is 1. The highest BCUT2D eigenvalue weighted by atomic mass is 35.5. The van der Waals surface area contributed by atoms with Crippen LogP contribution in [0.1, 0.15) is 90.7 Å². The molecule has 0 saturated heterocycles. The highest BCUT2D eigenvalue weighted by Crippen LogP contribution is 2.43. The van der Waals surface area contributed by atoms with Crippen LogP contribution in [0, 0.1) is 12.7 Å². The molecule has 1 saturated carbocycles. The maximum absolute atomic E-state index is 14.3. The second kappa shape index (κ2) is 39.4. The maximum atomic E-state index is 14.3. The molecule has 3 unspecified atom stereocenters.